The van der Waals surface area contributed by atoms with Crippen molar-refractivity contribution in [3.05, 3.63) is 23.8 Å². The average Bonchev–Trinajstić information content (AvgIpc) is 2.03. The van der Waals surface area contributed by atoms with Crippen LogP contribution in [0.2, 0.25) is 0 Å². The molecule has 1 rings (SSSR count). The van der Waals surface area contributed by atoms with Crippen LogP contribution >= 0.6 is 0 Å². The summed E-state index contributed by atoms with van der Waals surface area (Å²) in [6.07, 6.45) is 6.17. The topological polar surface area (TPSA) is 40.1 Å². The van der Waals surface area contributed by atoms with E-state index in [0.717, 1.165) is 12.8 Å². The molecule has 0 aliphatic heterocycles. The summed E-state index contributed by atoms with van der Waals surface area (Å²) in [5, 5.41) is 8.89. The fraction of sp³-hybridized carbons (Fsp3) is 0.583. The number of carboxylic acid groups (broad SMARTS) is 1. The first kappa shape index (κ1) is 17.2. The van der Waals surface area contributed by atoms with E-state index in [2.05, 4.69) is 26.5 Å². The second-order valence-electron chi connectivity index (χ2n) is 3.86. The van der Waals surface area contributed by atoms with Gasteiger partial charge in [0, 0.05) is 5.97 Å². The van der Waals surface area contributed by atoms with Crippen LogP contribution in [0, 0.1) is 5.92 Å². The van der Waals surface area contributed by atoms with Crippen molar-refractivity contribution < 1.29 is 36.1 Å². The Balaban J connectivity index is 0. The van der Waals surface area contributed by atoms with Crippen LogP contribution in [-0.2, 0) is 31.0 Å². The Hall–Kier alpha value is -0.167. The van der Waals surface area contributed by atoms with Gasteiger partial charge in [-0.2, -0.15) is 0 Å². The molecule has 1 aliphatic carbocycles. The number of allylic oxidation sites excluding steroid dienone is 3. The van der Waals surface area contributed by atoms with Crippen LogP contribution in [0.5, 0.6) is 0 Å². The molecule has 0 radical (unpaired) electrons. The van der Waals surface area contributed by atoms with E-state index in [1.54, 1.807) is 5.57 Å². The first-order valence-electron chi connectivity index (χ1n) is 4.92. The van der Waals surface area contributed by atoms with E-state index >= 15 is 0 Å². The van der Waals surface area contributed by atoms with E-state index in [9.17, 15) is 0 Å². The molecule has 0 amide bonds. The monoisotopic (exact) mass is 285 g/mol. The van der Waals surface area contributed by atoms with Crippen LogP contribution in [0.4, 0.5) is 0 Å². The summed E-state index contributed by atoms with van der Waals surface area (Å²) in [5.41, 5.74) is 2.90. The summed E-state index contributed by atoms with van der Waals surface area (Å²) in [6.45, 7) is 9.30. The Bertz CT molecular complexity index is 240. The quantitative estimate of drug-likeness (QED) is 0.692. The third-order valence-corrected chi connectivity index (χ3v) is 2.33. The van der Waals surface area contributed by atoms with Crippen molar-refractivity contribution in [1.29, 1.82) is 0 Å². The fourth-order valence-electron chi connectivity index (χ4n) is 1.41. The molecule has 0 spiro atoms. The van der Waals surface area contributed by atoms with Gasteiger partial charge in [0.2, 0.25) is 0 Å². The zero-order valence-electron chi connectivity index (χ0n) is 9.80. The molecule has 2 nitrogen and oxygen atoms in total. The van der Waals surface area contributed by atoms with Crippen molar-refractivity contribution in [3.63, 3.8) is 0 Å². The molecule has 0 saturated carbocycles. The standard InChI is InChI=1S/C10H16.C2H4O2.Zr/c1-8(2)10-6-4-9(3)5-7-10;1-2(3)4;/h4,10H,1,5-7H2,2-3H3;1H3,(H,3,4);/q;;+2/p-1. The Labute approximate surface area is 112 Å². The first-order valence-corrected chi connectivity index (χ1v) is 4.92. The molecule has 1 aliphatic rings. The average molecular weight is 287 g/mol. The van der Waals surface area contributed by atoms with E-state index < -0.39 is 5.97 Å². The molecule has 0 fully saturated rings. The number of carbonyl (C=O) groups is 1. The van der Waals surface area contributed by atoms with E-state index in [0.29, 0.717) is 0 Å². The largest absolute Gasteiger partial charge is 2.00 e. The smallest absolute Gasteiger partial charge is 0.550 e. The Kier molecular flexibility index (Phi) is 10.4. The second kappa shape index (κ2) is 9.09. The third kappa shape index (κ3) is 10.1. The summed E-state index contributed by atoms with van der Waals surface area (Å²) in [6, 6.07) is 0. The minimum atomic E-state index is -1.08. The number of rotatable bonds is 1. The molecular weight excluding hydrogens is 267 g/mol. The summed E-state index contributed by atoms with van der Waals surface area (Å²) in [7, 11) is 0. The maximum atomic E-state index is 8.89. The van der Waals surface area contributed by atoms with E-state index in [4.69, 9.17) is 9.90 Å². The maximum absolute atomic E-state index is 8.89. The number of hydrogen-bond acceptors (Lipinski definition) is 2. The van der Waals surface area contributed by atoms with Crippen molar-refractivity contribution in [2.45, 2.75) is 40.0 Å². The molecule has 3 heteroatoms. The van der Waals surface area contributed by atoms with Gasteiger partial charge in [0.25, 0.3) is 0 Å². The van der Waals surface area contributed by atoms with Gasteiger partial charge >= 0.3 is 26.2 Å². The molecule has 0 aromatic heterocycles. The Morgan fingerprint density at radius 2 is 2.00 bits per heavy atom. The predicted octanol–water partition coefficient (Wildman–Crippen LogP) is 2.06. The molecule has 15 heavy (non-hydrogen) atoms. The van der Waals surface area contributed by atoms with Crippen molar-refractivity contribution in [2.75, 3.05) is 0 Å². The summed E-state index contributed by atoms with van der Waals surface area (Å²) >= 11 is 0. The van der Waals surface area contributed by atoms with Gasteiger partial charge in [-0.3, -0.25) is 0 Å². The van der Waals surface area contributed by atoms with Gasteiger partial charge in [-0.05, 0) is 46.0 Å². The minimum absolute atomic E-state index is 0. The molecule has 0 N–H and O–H groups in total. The number of carbonyl (C=O) groups excluding carboxylic acids is 1. The van der Waals surface area contributed by atoms with Crippen LogP contribution in [0.15, 0.2) is 23.8 Å². The normalized spacial score (nSPS) is 18.9. The van der Waals surface area contributed by atoms with Crippen LogP contribution < -0.4 is 5.11 Å². The van der Waals surface area contributed by atoms with Crippen LogP contribution in [0.1, 0.15) is 40.0 Å². The van der Waals surface area contributed by atoms with E-state index in [1.165, 1.54) is 24.8 Å². The van der Waals surface area contributed by atoms with Gasteiger partial charge in [-0.15, -0.1) is 0 Å². The van der Waals surface area contributed by atoms with Crippen molar-refractivity contribution in [2.24, 2.45) is 5.92 Å². The third-order valence-electron chi connectivity index (χ3n) is 2.33. The minimum Gasteiger partial charge on any atom is -0.550 e. The zero-order valence-corrected chi connectivity index (χ0v) is 12.3. The zero-order chi connectivity index (χ0) is 11.1. The first-order chi connectivity index (χ1) is 6.43. The van der Waals surface area contributed by atoms with Gasteiger partial charge in [0.05, 0.1) is 0 Å². The maximum Gasteiger partial charge on any atom is 2.00 e. The van der Waals surface area contributed by atoms with E-state index in [-0.39, 0.29) is 26.2 Å². The van der Waals surface area contributed by atoms with Crippen LogP contribution in [0.3, 0.4) is 0 Å². The molecule has 1 unspecified atom stereocenters. The Morgan fingerprint density at radius 3 is 2.27 bits per heavy atom. The van der Waals surface area contributed by atoms with E-state index in [1.807, 2.05) is 0 Å². The van der Waals surface area contributed by atoms with Gasteiger partial charge in [-0.25, -0.2) is 0 Å². The Morgan fingerprint density at radius 1 is 1.53 bits per heavy atom. The fourth-order valence-corrected chi connectivity index (χ4v) is 1.41. The SMILES string of the molecule is C=C(C)C1CC=C(C)CC1.CC(=O)[O-].[Zr+2]. The molecule has 0 heterocycles. The number of aliphatic carboxylic acids is 1. The van der Waals surface area contributed by atoms with Crippen LogP contribution in [-0.4, -0.2) is 5.97 Å². The molecule has 0 saturated heterocycles. The molecule has 0 aromatic rings. The number of carboxylic acids is 1. The van der Waals surface area contributed by atoms with Gasteiger partial charge < -0.3 is 9.90 Å². The predicted molar refractivity (Wildman–Crippen MR) is 56.6 cm³/mol. The van der Waals surface area contributed by atoms with Gasteiger partial charge in [0.1, 0.15) is 0 Å². The second-order valence-corrected chi connectivity index (χ2v) is 3.86. The van der Waals surface area contributed by atoms with Crippen LogP contribution in [0.25, 0.3) is 0 Å². The molecule has 0 aromatic carbocycles. The summed E-state index contributed by atoms with van der Waals surface area (Å²) in [5.74, 6) is -0.316. The number of hydrogen-bond donors (Lipinski definition) is 0. The molecule has 0 bridgehead atoms. The van der Waals surface area contributed by atoms with Gasteiger partial charge in [-0.1, -0.05) is 23.8 Å². The molecule has 1 atom stereocenters. The molecule has 82 valence electrons. The summed E-state index contributed by atoms with van der Waals surface area (Å²) in [4.78, 5) is 8.89. The van der Waals surface area contributed by atoms with Crippen molar-refractivity contribution in [3.8, 4) is 0 Å². The summed E-state index contributed by atoms with van der Waals surface area (Å²) < 4.78 is 0. The molecular formula is C12H19O2Zr+. The van der Waals surface area contributed by atoms with Crippen molar-refractivity contribution >= 4 is 5.97 Å². The van der Waals surface area contributed by atoms with Crippen molar-refractivity contribution in [1.82, 2.24) is 0 Å². The van der Waals surface area contributed by atoms with Gasteiger partial charge in [0.15, 0.2) is 0 Å².